The molecule has 5 rings (SSSR count). The molecule has 0 radical (unpaired) electrons. The van der Waals surface area contributed by atoms with Gasteiger partial charge in [-0.3, -0.25) is 10.2 Å². The molecule has 4 aromatic carbocycles. The molecule has 0 bridgehead atoms. The Kier molecular flexibility index (Phi) is 5.59. The van der Waals surface area contributed by atoms with Gasteiger partial charge in [0, 0.05) is 42.9 Å². The molecule has 1 aliphatic rings. The molecule has 0 saturated carbocycles. The van der Waals surface area contributed by atoms with E-state index in [-0.39, 0.29) is 17.2 Å². The fourth-order valence-corrected chi connectivity index (χ4v) is 5.87. The molecule has 172 valence electrons. The molecule has 4 aromatic rings. The van der Waals surface area contributed by atoms with Crippen molar-refractivity contribution in [2.24, 2.45) is 0 Å². The molecule has 7 heteroatoms. The second-order valence-corrected chi connectivity index (χ2v) is 10.3. The van der Waals surface area contributed by atoms with Crippen LogP contribution in [0.3, 0.4) is 0 Å². The molecule has 0 aromatic heterocycles. The molecular weight excluding hydrogens is 446 g/mol. The molecule has 0 atom stereocenters. The SMILES string of the molecule is CN(C)c1cccc2c(S(=O)(=O)NNC(=O)CC3c4ccccc4-c4ccccc43)cccc12. The third kappa shape index (κ3) is 3.83. The highest BCUT2D eigenvalue weighted by Gasteiger charge is 2.30. The van der Waals surface area contributed by atoms with Crippen LogP contribution in [0.5, 0.6) is 0 Å². The molecule has 0 heterocycles. The molecule has 0 saturated heterocycles. The van der Waals surface area contributed by atoms with Crippen molar-refractivity contribution in [3.63, 3.8) is 0 Å². The lowest BCUT2D eigenvalue weighted by atomic mass is 9.93. The predicted octanol–water partition coefficient (Wildman–Crippen LogP) is 4.42. The normalized spacial score (nSPS) is 12.9. The summed E-state index contributed by atoms with van der Waals surface area (Å²) < 4.78 is 26.3. The van der Waals surface area contributed by atoms with Crippen LogP contribution in [0.4, 0.5) is 5.69 Å². The van der Waals surface area contributed by atoms with E-state index in [9.17, 15) is 13.2 Å². The molecule has 0 unspecified atom stereocenters. The molecule has 1 aliphatic carbocycles. The Morgan fingerprint density at radius 3 is 2.03 bits per heavy atom. The number of carbonyl (C=O) groups is 1. The number of benzene rings is 4. The number of hydrogen-bond acceptors (Lipinski definition) is 4. The third-order valence-electron chi connectivity index (χ3n) is 6.31. The zero-order chi connectivity index (χ0) is 23.9. The van der Waals surface area contributed by atoms with Crippen LogP contribution in [0, 0.1) is 0 Å². The van der Waals surface area contributed by atoms with E-state index in [1.54, 1.807) is 18.2 Å². The van der Waals surface area contributed by atoms with Crippen molar-refractivity contribution < 1.29 is 13.2 Å². The first kappa shape index (κ1) is 22.1. The summed E-state index contributed by atoms with van der Waals surface area (Å²) in [5.41, 5.74) is 7.72. The average Bonchev–Trinajstić information content (AvgIpc) is 3.15. The maximum atomic E-state index is 13.1. The summed E-state index contributed by atoms with van der Waals surface area (Å²) in [7, 11) is -0.159. The summed E-state index contributed by atoms with van der Waals surface area (Å²) in [5.74, 6) is -0.522. The average molecular weight is 472 g/mol. The van der Waals surface area contributed by atoms with Gasteiger partial charge in [0.05, 0.1) is 4.90 Å². The van der Waals surface area contributed by atoms with Crippen LogP contribution >= 0.6 is 0 Å². The first-order valence-electron chi connectivity index (χ1n) is 11.0. The summed E-state index contributed by atoms with van der Waals surface area (Å²) in [5, 5.41) is 1.41. The number of fused-ring (bicyclic) bond motifs is 4. The maximum absolute atomic E-state index is 13.1. The van der Waals surface area contributed by atoms with Gasteiger partial charge in [0.1, 0.15) is 0 Å². The fourth-order valence-electron chi connectivity index (χ4n) is 4.78. The zero-order valence-electron chi connectivity index (χ0n) is 18.9. The van der Waals surface area contributed by atoms with Gasteiger partial charge < -0.3 is 4.90 Å². The molecule has 1 amide bonds. The number of anilines is 1. The highest BCUT2D eigenvalue weighted by molar-refractivity contribution is 7.89. The first-order chi connectivity index (χ1) is 16.4. The molecule has 0 spiro atoms. The number of sulfonamides is 1. The number of nitrogens with zero attached hydrogens (tertiary/aromatic N) is 1. The Balaban J connectivity index is 1.37. The Labute approximate surface area is 199 Å². The van der Waals surface area contributed by atoms with Crippen molar-refractivity contribution in [1.29, 1.82) is 0 Å². The minimum absolute atomic E-state index is 0.116. The van der Waals surface area contributed by atoms with E-state index in [1.807, 2.05) is 73.6 Å². The number of hydrazine groups is 1. The number of amides is 1. The lowest BCUT2D eigenvalue weighted by molar-refractivity contribution is -0.121. The zero-order valence-corrected chi connectivity index (χ0v) is 19.8. The van der Waals surface area contributed by atoms with Gasteiger partial charge in [0.15, 0.2) is 0 Å². The maximum Gasteiger partial charge on any atom is 0.257 e. The minimum atomic E-state index is -3.98. The Bertz CT molecular complexity index is 1470. The lowest BCUT2D eigenvalue weighted by Crippen LogP contribution is -2.42. The molecule has 2 N–H and O–H groups in total. The van der Waals surface area contributed by atoms with E-state index in [1.165, 1.54) is 0 Å². The quantitative estimate of drug-likeness (QED) is 0.408. The summed E-state index contributed by atoms with van der Waals surface area (Å²) >= 11 is 0. The van der Waals surface area contributed by atoms with Gasteiger partial charge in [-0.05, 0) is 34.4 Å². The Hall–Kier alpha value is -3.68. The Morgan fingerprint density at radius 1 is 0.794 bits per heavy atom. The van der Waals surface area contributed by atoms with E-state index in [2.05, 4.69) is 22.4 Å². The Morgan fingerprint density at radius 2 is 1.38 bits per heavy atom. The van der Waals surface area contributed by atoms with Crippen LogP contribution in [0.1, 0.15) is 23.5 Å². The second kappa shape index (κ2) is 8.59. The van der Waals surface area contributed by atoms with Crippen molar-refractivity contribution in [2.45, 2.75) is 17.2 Å². The predicted molar refractivity (Wildman–Crippen MR) is 135 cm³/mol. The van der Waals surface area contributed by atoms with Crippen molar-refractivity contribution in [3.8, 4) is 11.1 Å². The van der Waals surface area contributed by atoms with Gasteiger partial charge in [0.25, 0.3) is 10.0 Å². The van der Waals surface area contributed by atoms with Gasteiger partial charge in [-0.1, -0.05) is 72.8 Å². The first-order valence-corrected chi connectivity index (χ1v) is 12.5. The third-order valence-corrected chi connectivity index (χ3v) is 7.61. The monoisotopic (exact) mass is 471 g/mol. The van der Waals surface area contributed by atoms with Crippen molar-refractivity contribution in [1.82, 2.24) is 10.3 Å². The van der Waals surface area contributed by atoms with E-state index < -0.39 is 15.9 Å². The van der Waals surface area contributed by atoms with E-state index >= 15 is 0 Å². The van der Waals surface area contributed by atoms with Gasteiger partial charge in [-0.2, -0.15) is 0 Å². The van der Waals surface area contributed by atoms with Crippen LogP contribution < -0.4 is 15.2 Å². The second-order valence-electron chi connectivity index (χ2n) is 8.61. The van der Waals surface area contributed by atoms with Crippen molar-refractivity contribution in [3.05, 3.63) is 96.1 Å². The van der Waals surface area contributed by atoms with E-state index in [4.69, 9.17) is 0 Å². The molecule has 0 fully saturated rings. The van der Waals surface area contributed by atoms with Crippen LogP contribution in [-0.4, -0.2) is 28.4 Å². The summed E-state index contributed by atoms with van der Waals surface area (Å²) in [6.45, 7) is 0. The lowest BCUT2D eigenvalue weighted by Gasteiger charge is -2.17. The number of carbonyl (C=O) groups excluding carboxylic acids is 1. The number of hydrogen-bond donors (Lipinski definition) is 2. The van der Waals surface area contributed by atoms with Crippen LogP contribution in [0.25, 0.3) is 21.9 Å². The summed E-state index contributed by atoms with van der Waals surface area (Å²) in [6.07, 6.45) is 0.136. The molecule has 34 heavy (non-hydrogen) atoms. The van der Waals surface area contributed by atoms with Gasteiger partial charge >= 0.3 is 0 Å². The van der Waals surface area contributed by atoms with Gasteiger partial charge in [0.2, 0.25) is 5.91 Å². The summed E-state index contributed by atoms with van der Waals surface area (Å²) in [6, 6.07) is 26.7. The van der Waals surface area contributed by atoms with Crippen molar-refractivity contribution >= 4 is 32.4 Å². The minimum Gasteiger partial charge on any atom is -0.377 e. The topological polar surface area (TPSA) is 78.5 Å². The smallest absolute Gasteiger partial charge is 0.257 e. The molecule has 0 aliphatic heterocycles. The highest BCUT2D eigenvalue weighted by atomic mass is 32.2. The largest absolute Gasteiger partial charge is 0.377 e. The van der Waals surface area contributed by atoms with Gasteiger partial charge in [-0.15, -0.1) is 4.83 Å². The van der Waals surface area contributed by atoms with Gasteiger partial charge in [-0.25, -0.2) is 8.42 Å². The van der Waals surface area contributed by atoms with Crippen LogP contribution in [0.15, 0.2) is 89.8 Å². The van der Waals surface area contributed by atoms with E-state index in [0.29, 0.717) is 5.39 Å². The molecule has 6 nitrogen and oxygen atoms in total. The highest BCUT2D eigenvalue weighted by Crippen LogP contribution is 2.45. The standard InChI is InChI=1S/C27H25N3O3S/c1-30(2)25-15-7-14-23-22(25)13-8-16-26(23)34(32,33)29-28-27(31)17-24-20-11-5-3-9-18(20)19-10-4-6-12-21(19)24/h3-16,24,29H,17H2,1-2H3,(H,28,31). The van der Waals surface area contributed by atoms with Crippen LogP contribution in [-0.2, 0) is 14.8 Å². The molecular formula is C27H25N3O3S. The fraction of sp³-hybridized carbons (Fsp3) is 0.148. The van der Waals surface area contributed by atoms with Crippen molar-refractivity contribution in [2.75, 3.05) is 19.0 Å². The number of rotatable bonds is 6. The van der Waals surface area contributed by atoms with E-state index in [0.717, 1.165) is 33.3 Å². The number of nitrogens with one attached hydrogen (secondary N) is 2. The summed E-state index contributed by atoms with van der Waals surface area (Å²) in [4.78, 5) is 17.2. The van der Waals surface area contributed by atoms with Crippen LogP contribution in [0.2, 0.25) is 0 Å².